The molecule has 0 aromatic rings. The van der Waals surface area contributed by atoms with Crippen LogP contribution in [0.3, 0.4) is 0 Å². The highest BCUT2D eigenvalue weighted by molar-refractivity contribution is 4.81. The van der Waals surface area contributed by atoms with Crippen molar-refractivity contribution in [2.45, 2.75) is 44.1 Å². The molecule has 0 spiro atoms. The third kappa shape index (κ3) is 3.19. The van der Waals surface area contributed by atoms with Gasteiger partial charge in [-0.25, -0.2) is 8.78 Å². The van der Waals surface area contributed by atoms with E-state index in [1.807, 2.05) is 0 Å². The number of aliphatic hydroxyl groups is 1. The van der Waals surface area contributed by atoms with Crippen LogP contribution in [-0.4, -0.2) is 23.7 Å². The van der Waals surface area contributed by atoms with Gasteiger partial charge in [0.25, 0.3) is 0 Å². The highest BCUT2D eigenvalue weighted by atomic mass is 19.3. The third-order valence-corrected chi connectivity index (χ3v) is 2.77. The Bertz CT molecular complexity index is 154. The second kappa shape index (κ2) is 4.33. The van der Waals surface area contributed by atoms with E-state index in [0.29, 0.717) is 25.8 Å². The molecule has 3 N–H and O–H groups in total. The highest BCUT2D eigenvalue weighted by Crippen LogP contribution is 2.37. The Labute approximate surface area is 77.1 Å². The Kier molecular flexibility index (Phi) is 3.62. The maximum Gasteiger partial charge on any atom is 0.248 e. The largest absolute Gasteiger partial charge is 0.393 e. The predicted octanol–water partition coefficient (Wildman–Crippen LogP) is 1.52. The molecule has 0 bridgehead atoms. The van der Waals surface area contributed by atoms with Crippen LogP contribution in [-0.2, 0) is 0 Å². The summed E-state index contributed by atoms with van der Waals surface area (Å²) in [7, 11) is 0. The minimum absolute atomic E-state index is 0.0307. The lowest BCUT2D eigenvalue weighted by Crippen LogP contribution is -2.32. The van der Waals surface area contributed by atoms with E-state index in [-0.39, 0.29) is 18.8 Å². The number of nitrogens with two attached hydrogens (primary N) is 1. The number of rotatable bonds is 3. The van der Waals surface area contributed by atoms with Crippen LogP contribution in [0.15, 0.2) is 0 Å². The average molecular weight is 193 g/mol. The zero-order valence-corrected chi connectivity index (χ0v) is 7.68. The molecule has 0 radical (unpaired) electrons. The first-order valence-electron chi connectivity index (χ1n) is 4.81. The molecule has 0 aromatic carbocycles. The molecule has 4 heteroatoms. The van der Waals surface area contributed by atoms with Crippen molar-refractivity contribution in [2.24, 2.45) is 11.7 Å². The van der Waals surface area contributed by atoms with E-state index >= 15 is 0 Å². The van der Waals surface area contributed by atoms with Gasteiger partial charge in [-0.05, 0) is 31.7 Å². The van der Waals surface area contributed by atoms with Crippen molar-refractivity contribution in [1.82, 2.24) is 0 Å². The molecular weight excluding hydrogens is 176 g/mol. The minimum Gasteiger partial charge on any atom is -0.393 e. The zero-order chi connectivity index (χ0) is 9.90. The van der Waals surface area contributed by atoms with Crippen molar-refractivity contribution < 1.29 is 13.9 Å². The number of hydrogen-bond acceptors (Lipinski definition) is 2. The van der Waals surface area contributed by atoms with Gasteiger partial charge >= 0.3 is 0 Å². The lowest BCUT2D eigenvalue weighted by atomic mass is 9.82. The Morgan fingerprint density at radius 3 is 2.38 bits per heavy atom. The van der Waals surface area contributed by atoms with Crippen molar-refractivity contribution in [3.8, 4) is 0 Å². The minimum atomic E-state index is -2.50. The molecule has 1 fully saturated rings. The van der Waals surface area contributed by atoms with E-state index in [2.05, 4.69) is 0 Å². The Hall–Kier alpha value is -0.220. The van der Waals surface area contributed by atoms with Crippen molar-refractivity contribution in [2.75, 3.05) is 6.54 Å². The monoisotopic (exact) mass is 193 g/mol. The fourth-order valence-electron chi connectivity index (χ4n) is 1.85. The van der Waals surface area contributed by atoms with Gasteiger partial charge in [-0.1, -0.05) is 0 Å². The fraction of sp³-hybridized carbons (Fsp3) is 1.00. The summed E-state index contributed by atoms with van der Waals surface area (Å²) in [6.45, 7) is 0.425. The lowest BCUT2D eigenvalue weighted by Gasteiger charge is -2.31. The standard InChI is InChI=1S/C9H17F2NO/c10-9(11)4-1-7(2-5-9)8(13)3-6-12/h7-8,13H,1-6,12H2/t8-/m0/s1. The van der Waals surface area contributed by atoms with Crippen molar-refractivity contribution in [1.29, 1.82) is 0 Å². The van der Waals surface area contributed by atoms with Crippen LogP contribution in [0, 0.1) is 5.92 Å². The molecule has 78 valence electrons. The van der Waals surface area contributed by atoms with Crippen LogP contribution in [0.25, 0.3) is 0 Å². The molecule has 1 rings (SSSR count). The molecule has 13 heavy (non-hydrogen) atoms. The first kappa shape index (κ1) is 10.9. The maximum atomic E-state index is 12.7. The summed E-state index contributed by atoms with van der Waals surface area (Å²) in [5.41, 5.74) is 5.28. The van der Waals surface area contributed by atoms with Gasteiger partial charge in [0.2, 0.25) is 5.92 Å². The van der Waals surface area contributed by atoms with E-state index < -0.39 is 12.0 Å². The highest BCUT2D eigenvalue weighted by Gasteiger charge is 2.36. The Morgan fingerprint density at radius 1 is 1.38 bits per heavy atom. The van der Waals surface area contributed by atoms with Gasteiger partial charge in [-0.2, -0.15) is 0 Å². The van der Waals surface area contributed by atoms with E-state index in [9.17, 15) is 13.9 Å². The first-order valence-corrected chi connectivity index (χ1v) is 4.81. The molecular formula is C9H17F2NO. The van der Waals surface area contributed by atoms with E-state index in [1.165, 1.54) is 0 Å². The second-order valence-electron chi connectivity index (χ2n) is 3.84. The van der Waals surface area contributed by atoms with Crippen LogP contribution < -0.4 is 5.73 Å². The molecule has 0 aromatic heterocycles. The number of halogens is 2. The van der Waals surface area contributed by atoms with Crippen LogP contribution in [0.2, 0.25) is 0 Å². The molecule has 1 aliphatic rings. The van der Waals surface area contributed by atoms with Crippen molar-refractivity contribution in [3.63, 3.8) is 0 Å². The fourth-order valence-corrected chi connectivity index (χ4v) is 1.85. The first-order chi connectivity index (χ1) is 6.05. The molecule has 0 aliphatic heterocycles. The summed E-state index contributed by atoms with van der Waals surface area (Å²) < 4.78 is 25.4. The van der Waals surface area contributed by atoms with Gasteiger partial charge in [0.15, 0.2) is 0 Å². The Balaban J connectivity index is 2.32. The van der Waals surface area contributed by atoms with Crippen LogP contribution >= 0.6 is 0 Å². The molecule has 1 aliphatic carbocycles. The summed E-state index contributed by atoms with van der Waals surface area (Å²) in [6, 6.07) is 0. The van der Waals surface area contributed by atoms with Crippen molar-refractivity contribution in [3.05, 3.63) is 0 Å². The van der Waals surface area contributed by atoms with E-state index in [0.717, 1.165) is 0 Å². The van der Waals surface area contributed by atoms with Gasteiger partial charge in [-0.15, -0.1) is 0 Å². The van der Waals surface area contributed by atoms with Gasteiger partial charge in [0.05, 0.1) is 6.10 Å². The summed E-state index contributed by atoms with van der Waals surface area (Å²) in [5.74, 6) is -2.47. The smallest absolute Gasteiger partial charge is 0.248 e. The van der Waals surface area contributed by atoms with Gasteiger partial charge < -0.3 is 10.8 Å². The van der Waals surface area contributed by atoms with E-state index in [4.69, 9.17) is 5.73 Å². The average Bonchev–Trinajstić information content (AvgIpc) is 2.04. The lowest BCUT2D eigenvalue weighted by molar-refractivity contribution is -0.0626. The van der Waals surface area contributed by atoms with Gasteiger partial charge in [0, 0.05) is 12.8 Å². The number of alkyl halides is 2. The third-order valence-electron chi connectivity index (χ3n) is 2.77. The Morgan fingerprint density at radius 2 is 1.92 bits per heavy atom. The molecule has 1 saturated carbocycles. The molecule has 1 atom stereocenters. The molecule has 2 nitrogen and oxygen atoms in total. The topological polar surface area (TPSA) is 46.2 Å². The molecule has 0 amide bonds. The number of aliphatic hydroxyl groups excluding tert-OH is 1. The predicted molar refractivity (Wildman–Crippen MR) is 46.6 cm³/mol. The van der Waals surface area contributed by atoms with Gasteiger partial charge in [0.1, 0.15) is 0 Å². The molecule has 0 heterocycles. The second-order valence-corrected chi connectivity index (χ2v) is 3.84. The summed E-state index contributed by atoms with van der Waals surface area (Å²) in [6.07, 6.45) is 0.720. The zero-order valence-electron chi connectivity index (χ0n) is 7.68. The van der Waals surface area contributed by atoms with Crippen LogP contribution in [0.5, 0.6) is 0 Å². The summed E-state index contributed by atoms with van der Waals surface area (Å²) >= 11 is 0. The number of hydrogen-bond donors (Lipinski definition) is 2. The van der Waals surface area contributed by atoms with Crippen LogP contribution in [0.1, 0.15) is 32.1 Å². The normalized spacial score (nSPS) is 25.8. The summed E-state index contributed by atoms with van der Waals surface area (Å²) in [4.78, 5) is 0. The molecule has 0 saturated heterocycles. The van der Waals surface area contributed by atoms with Gasteiger partial charge in [-0.3, -0.25) is 0 Å². The quantitative estimate of drug-likeness (QED) is 0.713. The van der Waals surface area contributed by atoms with E-state index in [1.54, 1.807) is 0 Å². The van der Waals surface area contributed by atoms with Crippen LogP contribution in [0.4, 0.5) is 8.78 Å². The SMILES string of the molecule is NCC[C@H](O)C1CCC(F)(F)CC1. The maximum absolute atomic E-state index is 12.7. The van der Waals surface area contributed by atoms with Crippen molar-refractivity contribution >= 4 is 0 Å². The summed E-state index contributed by atoms with van der Waals surface area (Å²) in [5, 5.41) is 9.52. The molecule has 0 unspecified atom stereocenters.